The Morgan fingerprint density at radius 2 is 1.49 bits per heavy atom. The van der Waals surface area contributed by atoms with Crippen molar-refractivity contribution in [3.8, 4) is 28.2 Å². The van der Waals surface area contributed by atoms with E-state index in [2.05, 4.69) is 126 Å². The van der Waals surface area contributed by atoms with Crippen LogP contribution >= 0.6 is 0 Å². The molecular formula is C32H38N3+. The van der Waals surface area contributed by atoms with Gasteiger partial charge in [-0.3, -0.25) is 4.98 Å². The highest BCUT2D eigenvalue weighted by Crippen LogP contribution is 2.52. The molecule has 0 aliphatic heterocycles. The molecule has 3 nitrogen and oxygen atoms in total. The summed E-state index contributed by atoms with van der Waals surface area (Å²) in [6.45, 7) is 18.2. The van der Waals surface area contributed by atoms with Gasteiger partial charge in [0, 0.05) is 27.8 Å². The Hall–Kier alpha value is -3.20. The van der Waals surface area contributed by atoms with Crippen molar-refractivity contribution in [1.82, 2.24) is 9.55 Å². The van der Waals surface area contributed by atoms with Gasteiger partial charge in [-0.25, -0.2) is 4.57 Å². The molecular weight excluding hydrogens is 426 g/mol. The van der Waals surface area contributed by atoms with E-state index in [-0.39, 0.29) is 5.41 Å². The smallest absolute Gasteiger partial charge is 0.257 e. The van der Waals surface area contributed by atoms with E-state index in [1.54, 1.807) is 0 Å². The molecule has 0 saturated heterocycles. The second kappa shape index (κ2) is 8.19. The lowest BCUT2D eigenvalue weighted by molar-refractivity contribution is -0.659. The first kappa shape index (κ1) is 23.5. The average molecular weight is 465 g/mol. The minimum absolute atomic E-state index is 0.182. The molecule has 0 bridgehead atoms. The van der Waals surface area contributed by atoms with Crippen LogP contribution in [0.2, 0.25) is 0 Å². The minimum Gasteiger partial charge on any atom is -0.257 e. The minimum atomic E-state index is -0.182. The highest BCUT2D eigenvalue weighted by atomic mass is 15.1. The molecule has 1 aliphatic rings. The molecule has 0 saturated carbocycles. The first-order valence-electron chi connectivity index (χ1n) is 12.9. The summed E-state index contributed by atoms with van der Waals surface area (Å²) < 4.78 is 4.74. The summed E-state index contributed by atoms with van der Waals surface area (Å²) in [4.78, 5) is 5.04. The molecule has 2 heterocycles. The second-order valence-corrected chi connectivity index (χ2v) is 11.4. The zero-order valence-corrected chi connectivity index (χ0v) is 22.7. The molecule has 0 N–H and O–H groups in total. The predicted molar refractivity (Wildman–Crippen MR) is 145 cm³/mol. The van der Waals surface area contributed by atoms with E-state index in [1.165, 1.54) is 56.1 Å². The molecule has 180 valence electrons. The number of imidazole rings is 1. The van der Waals surface area contributed by atoms with E-state index < -0.39 is 0 Å². The summed E-state index contributed by atoms with van der Waals surface area (Å²) in [6.07, 6.45) is 4.45. The third-order valence-corrected chi connectivity index (χ3v) is 7.76. The highest BCUT2D eigenvalue weighted by Gasteiger charge is 2.42. The van der Waals surface area contributed by atoms with E-state index in [4.69, 9.17) is 4.98 Å². The van der Waals surface area contributed by atoms with Crippen LogP contribution in [0.3, 0.4) is 0 Å². The van der Waals surface area contributed by atoms with Crippen LogP contribution in [0, 0.1) is 13.8 Å². The van der Waals surface area contributed by atoms with Crippen LogP contribution in [-0.4, -0.2) is 9.55 Å². The maximum atomic E-state index is 5.04. The molecule has 0 amide bonds. The molecule has 1 aliphatic carbocycles. The van der Waals surface area contributed by atoms with Crippen molar-refractivity contribution >= 4 is 0 Å². The number of benzene rings is 2. The zero-order valence-electron chi connectivity index (χ0n) is 22.7. The van der Waals surface area contributed by atoms with Crippen LogP contribution in [0.1, 0.15) is 87.0 Å². The Labute approximate surface area is 210 Å². The fourth-order valence-corrected chi connectivity index (χ4v) is 5.98. The molecule has 2 aromatic heterocycles. The van der Waals surface area contributed by atoms with E-state index in [0.717, 1.165) is 5.69 Å². The van der Waals surface area contributed by atoms with E-state index in [1.807, 2.05) is 0 Å². The Balaban J connectivity index is 1.87. The molecule has 2 aromatic carbocycles. The van der Waals surface area contributed by atoms with Gasteiger partial charge in [0.15, 0.2) is 0 Å². The first-order chi connectivity index (χ1) is 16.5. The SMILES string of the molecule is Cc1ccc2c(n1)C(C)(C)c1c-2ccc(C)c1-c1n(-c2c(C(C)C)cccc2C(C)C)cc[n+]1C. The number of fused-ring (bicyclic) bond motifs is 3. The Kier molecular flexibility index (Phi) is 5.51. The molecule has 0 atom stereocenters. The monoisotopic (exact) mass is 464 g/mol. The lowest BCUT2D eigenvalue weighted by Crippen LogP contribution is -2.31. The van der Waals surface area contributed by atoms with Crippen molar-refractivity contribution in [2.45, 2.75) is 72.6 Å². The predicted octanol–water partition coefficient (Wildman–Crippen LogP) is 7.53. The Morgan fingerprint density at radius 1 is 0.857 bits per heavy atom. The molecule has 3 heteroatoms. The molecule has 35 heavy (non-hydrogen) atoms. The van der Waals surface area contributed by atoms with Crippen molar-refractivity contribution < 1.29 is 4.57 Å². The summed E-state index contributed by atoms with van der Waals surface area (Å²) >= 11 is 0. The van der Waals surface area contributed by atoms with Crippen LogP contribution in [0.5, 0.6) is 0 Å². The molecule has 0 spiro atoms. The largest absolute Gasteiger partial charge is 0.294 e. The van der Waals surface area contributed by atoms with Gasteiger partial charge in [0.1, 0.15) is 18.1 Å². The number of para-hydroxylation sites is 1. The standard InChI is InChI=1S/C32H38N3/c1-19(2)23-11-10-12-24(20(3)4)29(23)35-18-17-34(9)31(35)27-21(5)13-15-25-26-16-14-22(6)33-30(26)32(7,8)28(25)27/h10-20H,1-9H3/q+1. The van der Waals surface area contributed by atoms with Crippen LogP contribution in [0.4, 0.5) is 0 Å². The number of hydrogen-bond donors (Lipinski definition) is 0. The van der Waals surface area contributed by atoms with Gasteiger partial charge in [0.25, 0.3) is 5.82 Å². The van der Waals surface area contributed by atoms with Crippen LogP contribution in [0.25, 0.3) is 28.2 Å². The van der Waals surface area contributed by atoms with Crippen LogP contribution < -0.4 is 4.57 Å². The maximum absolute atomic E-state index is 5.04. The van der Waals surface area contributed by atoms with Crippen molar-refractivity contribution in [3.63, 3.8) is 0 Å². The van der Waals surface area contributed by atoms with Gasteiger partial charge in [-0.05, 0) is 48.4 Å². The summed E-state index contributed by atoms with van der Waals surface area (Å²) in [5.41, 5.74) is 12.8. The number of rotatable bonds is 4. The summed E-state index contributed by atoms with van der Waals surface area (Å²) in [7, 11) is 2.18. The highest BCUT2D eigenvalue weighted by molar-refractivity contribution is 5.87. The van der Waals surface area contributed by atoms with Crippen LogP contribution in [0.15, 0.2) is 54.9 Å². The topological polar surface area (TPSA) is 21.7 Å². The molecule has 4 aromatic rings. The Bertz CT molecular complexity index is 1420. The summed E-state index contributed by atoms with van der Waals surface area (Å²) in [5, 5.41) is 0. The lowest BCUT2D eigenvalue weighted by atomic mass is 9.80. The van der Waals surface area contributed by atoms with Gasteiger partial charge in [-0.1, -0.05) is 77.9 Å². The normalized spacial score (nSPS) is 14.0. The quantitative estimate of drug-likeness (QED) is 0.286. The fourth-order valence-electron chi connectivity index (χ4n) is 5.98. The van der Waals surface area contributed by atoms with Crippen molar-refractivity contribution in [1.29, 1.82) is 0 Å². The van der Waals surface area contributed by atoms with Crippen LogP contribution in [-0.2, 0) is 12.5 Å². The lowest BCUT2D eigenvalue weighted by Gasteiger charge is -2.24. The van der Waals surface area contributed by atoms with E-state index in [0.29, 0.717) is 11.8 Å². The van der Waals surface area contributed by atoms with Gasteiger partial charge in [-0.15, -0.1) is 0 Å². The number of pyridine rings is 1. The van der Waals surface area contributed by atoms with Gasteiger partial charge in [0.2, 0.25) is 0 Å². The molecule has 5 rings (SSSR count). The van der Waals surface area contributed by atoms with E-state index >= 15 is 0 Å². The second-order valence-electron chi connectivity index (χ2n) is 11.4. The fraction of sp³-hybridized carbons (Fsp3) is 0.375. The summed E-state index contributed by atoms with van der Waals surface area (Å²) in [6, 6.07) is 15.8. The molecule has 0 radical (unpaired) electrons. The van der Waals surface area contributed by atoms with Crippen molar-refractivity contribution in [2.24, 2.45) is 7.05 Å². The first-order valence-corrected chi connectivity index (χ1v) is 12.9. The number of aryl methyl sites for hydroxylation is 3. The maximum Gasteiger partial charge on any atom is 0.294 e. The number of nitrogens with zero attached hydrogens (tertiary/aromatic N) is 3. The summed E-state index contributed by atoms with van der Waals surface area (Å²) in [5.74, 6) is 2.09. The van der Waals surface area contributed by atoms with Gasteiger partial charge < -0.3 is 0 Å². The zero-order chi connectivity index (χ0) is 25.2. The third-order valence-electron chi connectivity index (χ3n) is 7.76. The third kappa shape index (κ3) is 3.47. The van der Waals surface area contributed by atoms with Gasteiger partial charge in [0.05, 0.1) is 18.3 Å². The van der Waals surface area contributed by atoms with Crippen molar-refractivity contribution in [3.05, 3.63) is 88.5 Å². The average Bonchev–Trinajstić information content (AvgIpc) is 3.28. The van der Waals surface area contributed by atoms with Crippen molar-refractivity contribution in [2.75, 3.05) is 0 Å². The van der Waals surface area contributed by atoms with E-state index in [9.17, 15) is 0 Å². The van der Waals surface area contributed by atoms with Gasteiger partial charge in [-0.2, -0.15) is 4.57 Å². The number of hydrogen-bond acceptors (Lipinski definition) is 1. The molecule has 0 fully saturated rings. The Morgan fingerprint density at radius 3 is 2.11 bits per heavy atom. The molecule has 0 unspecified atom stereocenters. The number of aromatic nitrogens is 3. The van der Waals surface area contributed by atoms with Gasteiger partial charge >= 0.3 is 0 Å².